The lowest BCUT2D eigenvalue weighted by Gasteiger charge is -2.07. The number of nitrogens with one attached hydrogen (secondary N) is 4. The first-order valence-electron chi connectivity index (χ1n) is 8.46. The fourth-order valence-electron chi connectivity index (χ4n) is 1.79. The van der Waals surface area contributed by atoms with Crippen LogP contribution in [0, 0.1) is 0 Å². The molecule has 0 aliphatic heterocycles. The third-order valence-electron chi connectivity index (χ3n) is 2.99. The fraction of sp³-hybridized carbons (Fsp3) is 0.733. The molecule has 0 aliphatic rings. The molecule has 0 atom stereocenters. The van der Waals surface area contributed by atoms with E-state index in [1.807, 2.05) is 12.5 Å². The molecule has 0 aromatic carbocycles. The maximum absolute atomic E-state index is 11.6. The van der Waals surface area contributed by atoms with Crippen molar-refractivity contribution in [1.29, 1.82) is 0 Å². The summed E-state index contributed by atoms with van der Waals surface area (Å²) in [5.74, 6) is 0.883. The van der Waals surface area contributed by atoms with Crippen molar-refractivity contribution in [3.8, 4) is 0 Å². The minimum atomic E-state index is -0.483. The molecule has 0 aromatic rings. The van der Waals surface area contributed by atoms with Crippen molar-refractivity contribution >= 4 is 67.1 Å². The molecule has 0 heterocycles. The molecule has 4 N–H and O–H groups in total. The van der Waals surface area contributed by atoms with Crippen LogP contribution in [0.2, 0.25) is 0 Å². The molecule has 0 fully saturated rings. The Morgan fingerprint density at radius 3 is 1.44 bits per heavy atom. The molecule has 0 rings (SSSR count). The molecular formula is C15H28N4O4S4. The summed E-state index contributed by atoms with van der Waals surface area (Å²) in [5, 5.41) is 9.75. The van der Waals surface area contributed by atoms with Crippen LogP contribution in [0.3, 0.4) is 0 Å². The van der Waals surface area contributed by atoms with E-state index in [9.17, 15) is 19.2 Å². The van der Waals surface area contributed by atoms with E-state index < -0.39 is 12.1 Å². The van der Waals surface area contributed by atoms with Crippen molar-refractivity contribution in [2.45, 2.75) is 32.1 Å². The Kier molecular flexibility index (Phi) is 18.1. The number of rotatable bonds is 14. The highest BCUT2D eigenvalue weighted by atomic mass is 33.1. The quantitative estimate of drug-likeness (QED) is 0.233. The van der Waals surface area contributed by atoms with E-state index in [0.717, 1.165) is 11.5 Å². The molecule has 0 unspecified atom stereocenters. The maximum Gasteiger partial charge on any atom is 0.321 e. The Morgan fingerprint density at radius 2 is 1.07 bits per heavy atom. The van der Waals surface area contributed by atoms with Crippen LogP contribution in [0.4, 0.5) is 9.59 Å². The van der Waals surface area contributed by atoms with Crippen LogP contribution in [-0.4, -0.2) is 61.0 Å². The Morgan fingerprint density at radius 1 is 0.667 bits per heavy atom. The first-order valence-corrected chi connectivity index (χ1v) is 13.9. The molecule has 0 spiro atoms. The predicted molar refractivity (Wildman–Crippen MR) is 118 cm³/mol. The highest BCUT2D eigenvalue weighted by Gasteiger charge is 2.09. The Hall–Kier alpha value is -0.720. The molecule has 6 amide bonds. The molecule has 0 bridgehead atoms. The third-order valence-corrected chi connectivity index (χ3v) is 6.62. The molecule has 0 saturated carbocycles. The van der Waals surface area contributed by atoms with Gasteiger partial charge in [-0.15, -0.1) is 0 Å². The molecular weight excluding hydrogens is 428 g/mol. The van der Waals surface area contributed by atoms with E-state index in [0.29, 0.717) is 32.4 Å². The second kappa shape index (κ2) is 18.6. The minimum absolute atomic E-state index is 0.224. The summed E-state index contributed by atoms with van der Waals surface area (Å²) in [6.07, 6.45) is 6.18. The van der Waals surface area contributed by atoms with E-state index in [4.69, 9.17) is 0 Å². The summed E-state index contributed by atoms with van der Waals surface area (Å²) in [6.45, 7) is 1.01. The second-order valence-electron chi connectivity index (χ2n) is 5.15. The van der Waals surface area contributed by atoms with Gasteiger partial charge in [-0.1, -0.05) is 49.6 Å². The van der Waals surface area contributed by atoms with Gasteiger partial charge in [0, 0.05) is 37.4 Å². The fourth-order valence-corrected chi connectivity index (χ4v) is 4.00. The Labute approximate surface area is 176 Å². The molecule has 8 nitrogen and oxygen atoms in total. The summed E-state index contributed by atoms with van der Waals surface area (Å²) >= 11 is 0. The standard InChI is InChI=1S/C15H28N4O4S4/c1-24-26-10-8-16-14(22)18-12(20)6-4-3-5-7-13(21)19-15(23)17-9-11-27-25-2/h3-11H2,1-2H3,(H2,16,18,20,22)(H2,17,19,21,23). The summed E-state index contributed by atoms with van der Waals surface area (Å²) in [6, 6.07) is -0.967. The van der Waals surface area contributed by atoms with Gasteiger partial charge in [-0.25, -0.2) is 9.59 Å². The van der Waals surface area contributed by atoms with Crippen molar-refractivity contribution in [3.63, 3.8) is 0 Å². The van der Waals surface area contributed by atoms with E-state index in [2.05, 4.69) is 21.3 Å². The molecule has 0 aliphatic carbocycles. The van der Waals surface area contributed by atoms with Crippen LogP contribution in [0.5, 0.6) is 0 Å². The van der Waals surface area contributed by atoms with Crippen molar-refractivity contribution in [3.05, 3.63) is 0 Å². The van der Waals surface area contributed by atoms with Crippen LogP contribution in [0.25, 0.3) is 0 Å². The normalized spacial score (nSPS) is 10.1. The number of amides is 6. The summed E-state index contributed by atoms with van der Waals surface area (Å²) < 4.78 is 0. The molecule has 156 valence electrons. The SMILES string of the molecule is CSSCCNC(=O)NC(=O)CCCCCC(=O)NC(=O)NCCSSC. The lowest BCUT2D eigenvalue weighted by molar-refractivity contribution is -0.120. The van der Waals surface area contributed by atoms with Gasteiger partial charge < -0.3 is 10.6 Å². The zero-order valence-electron chi connectivity index (χ0n) is 15.6. The first kappa shape index (κ1) is 26.3. The van der Waals surface area contributed by atoms with Gasteiger partial charge in [-0.3, -0.25) is 20.2 Å². The number of hydrogen-bond donors (Lipinski definition) is 4. The monoisotopic (exact) mass is 456 g/mol. The number of carbonyl (C=O) groups is 4. The molecule has 0 aromatic heterocycles. The van der Waals surface area contributed by atoms with E-state index in [-0.39, 0.29) is 24.7 Å². The van der Waals surface area contributed by atoms with Crippen LogP contribution in [0.15, 0.2) is 0 Å². The number of unbranched alkanes of at least 4 members (excludes halogenated alkanes) is 2. The van der Waals surface area contributed by atoms with Gasteiger partial charge in [0.15, 0.2) is 0 Å². The van der Waals surface area contributed by atoms with Gasteiger partial charge in [0.05, 0.1) is 0 Å². The highest BCUT2D eigenvalue weighted by molar-refractivity contribution is 8.76. The first-order chi connectivity index (χ1) is 13.0. The molecule has 0 saturated heterocycles. The van der Waals surface area contributed by atoms with Crippen LogP contribution in [-0.2, 0) is 9.59 Å². The zero-order valence-corrected chi connectivity index (χ0v) is 18.9. The van der Waals surface area contributed by atoms with Crippen molar-refractivity contribution in [2.75, 3.05) is 37.1 Å². The van der Waals surface area contributed by atoms with E-state index in [1.54, 1.807) is 43.2 Å². The van der Waals surface area contributed by atoms with Gasteiger partial charge in [-0.2, -0.15) is 0 Å². The highest BCUT2D eigenvalue weighted by Crippen LogP contribution is 2.15. The van der Waals surface area contributed by atoms with Gasteiger partial charge in [0.2, 0.25) is 11.8 Å². The molecule has 12 heteroatoms. The largest absolute Gasteiger partial charge is 0.337 e. The topological polar surface area (TPSA) is 116 Å². The van der Waals surface area contributed by atoms with Gasteiger partial charge >= 0.3 is 12.1 Å². The Bertz CT molecular complexity index is 429. The van der Waals surface area contributed by atoms with Crippen LogP contribution in [0.1, 0.15) is 32.1 Å². The third kappa shape index (κ3) is 18.4. The maximum atomic E-state index is 11.6. The van der Waals surface area contributed by atoms with E-state index >= 15 is 0 Å². The average molecular weight is 457 g/mol. The minimum Gasteiger partial charge on any atom is -0.337 e. The number of imide groups is 2. The summed E-state index contributed by atoms with van der Waals surface area (Å²) in [5.41, 5.74) is 0. The predicted octanol–water partition coefficient (Wildman–Crippen LogP) is 2.61. The lowest BCUT2D eigenvalue weighted by Crippen LogP contribution is -2.40. The summed E-state index contributed by atoms with van der Waals surface area (Å²) in [7, 11) is 6.50. The van der Waals surface area contributed by atoms with Crippen molar-refractivity contribution < 1.29 is 19.2 Å². The number of hydrogen-bond acceptors (Lipinski definition) is 8. The van der Waals surface area contributed by atoms with Crippen molar-refractivity contribution in [1.82, 2.24) is 21.3 Å². The molecule has 0 radical (unpaired) electrons. The van der Waals surface area contributed by atoms with Gasteiger partial charge in [-0.05, 0) is 25.4 Å². The lowest BCUT2D eigenvalue weighted by atomic mass is 10.1. The number of urea groups is 2. The van der Waals surface area contributed by atoms with E-state index in [1.165, 1.54) is 0 Å². The smallest absolute Gasteiger partial charge is 0.321 e. The number of carbonyl (C=O) groups excluding carboxylic acids is 4. The van der Waals surface area contributed by atoms with Gasteiger partial charge in [0.25, 0.3) is 0 Å². The van der Waals surface area contributed by atoms with Crippen LogP contribution >= 0.6 is 43.2 Å². The Balaban J connectivity index is 3.60. The second-order valence-corrected chi connectivity index (χ2v) is 10.5. The molecule has 27 heavy (non-hydrogen) atoms. The van der Waals surface area contributed by atoms with Gasteiger partial charge in [0.1, 0.15) is 0 Å². The zero-order chi connectivity index (χ0) is 20.3. The summed E-state index contributed by atoms with van der Waals surface area (Å²) in [4.78, 5) is 46.1. The average Bonchev–Trinajstić information content (AvgIpc) is 2.62. The van der Waals surface area contributed by atoms with Crippen LogP contribution < -0.4 is 21.3 Å². The van der Waals surface area contributed by atoms with Crippen molar-refractivity contribution in [2.24, 2.45) is 0 Å².